The average Bonchev–Trinajstić information content (AvgIpc) is 3.26. The number of benzene rings is 2. The third-order valence-electron chi connectivity index (χ3n) is 5.60. The van der Waals surface area contributed by atoms with E-state index in [0.29, 0.717) is 32.8 Å². The van der Waals surface area contributed by atoms with Crippen molar-refractivity contribution in [2.24, 2.45) is 0 Å². The zero-order valence-electron chi connectivity index (χ0n) is 17.3. The Morgan fingerprint density at radius 1 is 1.20 bits per heavy atom. The fourth-order valence-corrected chi connectivity index (χ4v) is 3.57. The van der Waals surface area contributed by atoms with Crippen molar-refractivity contribution in [2.45, 2.75) is 24.9 Å². The summed E-state index contributed by atoms with van der Waals surface area (Å²) in [5.74, 6) is -0.276. The lowest BCUT2D eigenvalue weighted by Crippen LogP contribution is -2.59. The fourth-order valence-electron chi connectivity index (χ4n) is 3.57. The molecule has 0 aliphatic carbocycles. The topological polar surface area (TPSA) is 88.1 Å². The summed E-state index contributed by atoms with van der Waals surface area (Å²) in [4.78, 5) is 26.3. The molecular formula is C23H28N2O5. The lowest BCUT2D eigenvalue weighted by atomic mass is 9.94. The van der Waals surface area contributed by atoms with E-state index in [1.165, 1.54) is 0 Å². The van der Waals surface area contributed by atoms with Gasteiger partial charge in [0.2, 0.25) is 5.91 Å². The Morgan fingerprint density at radius 3 is 2.50 bits per heavy atom. The summed E-state index contributed by atoms with van der Waals surface area (Å²) in [5.41, 5.74) is 0.309. The molecule has 1 aliphatic heterocycles. The number of hydrogen-bond acceptors (Lipinski definition) is 5. The quantitative estimate of drug-likeness (QED) is 0.659. The second kappa shape index (κ2) is 9.73. The number of likely N-dealkylation sites (N-methyl/N-ethyl adjacent to an activating group) is 1. The van der Waals surface area contributed by atoms with Gasteiger partial charge in [-0.05, 0) is 43.8 Å². The summed E-state index contributed by atoms with van der Waals surface area (Å²) in [6, 6.07) is 15.9. The molecule has 2 aromatic rings. The minimum Gasteiger partial charge on any atom is -0.492 e. The summed E-state index contributed by atoms with van der Waals surface area (Å²) >= 11 is 0. The molecule has 30 heavy (non-hydrogen) atoms. The first-order chi connectivity index (χ1) is 14.4. The summed E-state index contributed by atoms with van der Waals surface area (Å²) in [6.07, 6.45) is 0.603. The Kier molecular flexibility index (Phi) is 7.07. The third kappa shape index (κ3) is 4.98. The number of carboxylic acids is 1. The van der Waals surface area contributed by atoms with E-state index in [0.717, 1.165) is 11.3 Å². The van der Waals surface area contributed by atoms with E-state index in [4.69, 9.17) is 14.6 Å². The Labute approximate surface area is 176 Å². The molecule has 3 rings (SSSR count). The van der Waals surface area contributed by atoms with Crippen LogP contribution in [-0.4, -0.2) is 60.8 Å². The maximum atomic E-state index is 13.2. The minimum atomic E-state index is -0.973. The van der Waals surface area contributed by atoms with Crippen LogP contribution in [0.3, 0.4) is 0 Å². The van der Waals surface area contributed by atoms with Crippen molar-refractivity contribution < 1.29 is 24.2 Å². The number of nitrogens with zero attached hydrogens (tertiary/aromatic N) is 1. The number of ether oxygens (including phenoxy) is 2. The first kappa shape index (κ1) is 21.8. The zero-order valence-corrected chi connectivity index (χ0v) is 17.3. The van der Waals surface area contributed by atoms with Crippen molar-refractivity contribution in [3.8, 4) is 5.75 Å². The molecule has 2 atom stereocenters. The van der Waals surface area contributed by atoms with E-state index >= 15 is 0 Å². The smallest absolute Gasteiger partial charge is 0.335 e. The van der Waals surface area contributed by atoms with E-state index in [1.807, 2.05) is 49.2 Å². The number of carboxylic acid groups (broad SMARTS) is 1. The highest BCUT2D eigenvalue weighted by molar-refractivity contribution is 5.88. The van der Waals surface area contributed by atoms with Gasteiger partial charge in [-0.25, -0.2) is 4.79 Å². The molecule has 0 spiro atoms. The third-order valence-corrected chi connectivity index (χ3v) is 5.60. The predicted molar refractivity (Wildman–Crippen MR) is 113 cm³/mol. The highest BCUT2D eigenvalue weighted by atomic mass is 16.5. The predicted octanol–water partition coefficient (Wildman–Crippen LogP) is 2.73. The minimum absolute atomic E-state index is 0.1000. The normalized spacial score (nSPS) is 19.4. The van der Waals surface area contributed by atoms with Gasteiger partial charge in [0.25, 0.3) is 0 Å². The Balaban J connectivity index is 1.62. The molecule has 7 heteroatoms. The molecule has 1 heterocycles. The standard InChI is InChI=1S/C23H28N2O5/c1-17(18-8-10-19(11-9-18)21(26)27)24-22(28)23(12-14-29-16-23)25(2)13-15-30-20-6-4-3-5-7-20/h3-11,17H,12-16H2,1-2H3,(H,24,28)(H,26,27)/t17-,23?/m0/s1. The van der Waals surface area contributed by atoms with Crippen molar-refractivity contribution in [3.63, 3.8) is 0 Å². The molecular weight excluding hydrogens is 384 g/mol. The van der Waals surface area contributed by atoms with E-state index in [-0.39, 0.29) is 17.5 Å². The monoisotopic (exact) mass is 412 g/mol. The summed E-state index contributed by atoms with van der Waals surface area (Å²) in [7, 11) is 1.91. The van der Waals surface area contributed by atoms with Gasteiger partial charge in [-0.15, -0.1) is 0 Å². The maximum absolute atomic E-state index is 13.2. The van der Waals surface area contributed by atoms with Gasteiger partial charge < -0.3 is 19.9 Å². The molecule has 0 aromatic heterocycles. The van der Waals surface area contributed by atoms with Crippen LogP contribution >= 0.6 is 0 Å². The average molecular weight is 412 g/mol. The van der Waals surface area contributed by atoms with Gasteiger partial charge in [0.05, 0.1) is 18.2 Å². The van der Waals surface area contributed by atoms with Gasteiger partial charge in [-0.1, -0.05) is 30.3 Å². The van der Waals surface area contributed by atoms with Crippen LogP contribution in [0.5, 0.6) is 5.75 Å². The van der Waals surface area contributed by atoms with Crippen LogP contribution in [0.25, 0.3) is 0 Å². The van der Waals surface area contributed by atoms with Crippen molar-refractivity contribution in [1.29, 1.82) is 0 Å². The molecule has 1 amide bonds. The molecule has 1 saturated heterocycles. The molecule has 2 N–H and O–H groups in total. The Bertz CT molecular complexity index is 848. The number of carbonyl (C=O) groups excluding carboxylic acids is 1. The van der Waals surface area contributed by atoms with E-state index in [2.05, 4.69) is 5.32 Å². The number of carbonyl (C=O) groups is 2. The largest absolute Gasteiger partial charge is 0.492 e. The van der Waals surface area contributed by atoms with Gasteiger partial charge in [0, 0.05) is 19.6 Å². The van der Waals surface area contributed by atoms with Crippen molar-refractivity contribution in [3.05, 3.63) is 65.7 Å². The van der Waals surface area contributed by atoms with Crippen LogP contribution in [0, 0.1) is 0 Å². The summed E-state index contributed by atoms with van der Waals surface area (Å²) in [6.45, 7) is 3.77. The molecule has 2 aromatic carbocycles. The van der Waals surface area contributed by atoms with Crippen LogP contribution in [0.1, 0.15) is 35.3 Å². The molecule has 7 nitrogen and oxygen atoms in total. The number of hydrogen-bond donors (Lipinski definition) is 2. The molecule has 0 bridgehead atoms. The SMILES string of the molecule is C[C@H](NC(=O)C1(N(C)CCOc2ccccc2)CCOC1)c1ccc(C(=O)O)cc1. The van der Waals surface area contributed by atoms with E-state index in [9.17, 15) is 9.59 Å². The van der Waals surface area contributed by atoms with Gasteiger partial charge >= 0.3 is 5.97 Å². The Hall–Kier alpha value is -2.90. The molecule has 1 fully saturated rings. The van der Waals surface area contributed by atoms with Crippen LogP contribution in [0.15, 0.2) is 54.6 Å². The van der Waals surface area contributed by atoms with Crippen LogP contribution in [-0.2, 0) is 9.53 Å². The van der Waals surface area contributed by atoms with Gasteiger partial charge in [-0.2, -0.15) is 0 Å². The maximum Gasteiger partial charge on any atom is 0.335 e. The number of nitrogens with one attached hydrogen (secondary N) is 1. The zero-order chi connectivity index (χ0) is 21.6. The van der Waals surface area contributed by atoms with E-state index < -0.39 is 11.5 Å². The van der Waals surface area contributed by atoms with Gasteiger partial charge in [-0.3, -0.25) is 9.69 Å². The van der Waals surface area contributed by atoms with Gasteiger partial charge in [0.1, 0.15) is 17.9 Å². The van der Waals surface area contributed by atoms with Crippen LogP contribution in [0.2, 0.25) is 0 Å². The first-order valence-electron chi connectivity index (χ1n) is 10.0. The lowest BCUT2D eigenvalue weighted by Gasteiger charge is -2.36. The number of amides is 1. The molecule has 160 valence electrons. The van der Waals surface area contributed by atoms with Crippen molar-refractivity contribution >= 4 is 11.9 Å². The molecule has 0 saturated carbocycles. The number of rotatable bonds is 9. The highest BCUT2D eigenvalue weighted by Crippen LogP contribution is 2.27. The van der Waals surface area contributed by atoms with Crippen molar-refractivity contribution in [1.82, 2.24) is 10.2 Å². The second-order valence-corrected chi connectivity index (χ2v) is 7.54. The van der Waals surface area contributed by atoms with Crippen LogP contribution < -0.4 is 10.1 Å². The first-order valence-corrected chi connectivity index (χ1v) is 10.0. The number of aromatic carboxylic acids is 1. The summed E-state index contributed by atoms with van der Waals surface area (Å²) in [5, 5.41) is 12.1. The fraction of sp³-hybridized carbons (Fsp3) is 0.391. The molecule has 1 unspecified atom stereocenters. The second-order valence-electron chi connectivity index (χ2n) is 7.54. The lowest BCUT2D eigenvalue weighted by molar-refractivity contribution is -0.134. The van der Waals surface area contributed by atoms with Gasteiger partial charge in [0.15, 0.2) is 0 Å². The van der Waals surface area contributed by atoms with Crippen molar-refractivity contribution in [2.75, 3.05) is 33.4 Å². The Morgan fingerprint density at radius 2 is 1.90 bits per heavy atom. The highest BCUT2D eigenvalue weighted by Gasteiger charge is 2.46. The molecule has 0 radical (unpaired) electrons. The number of para-hydroxylation sites is 1. The molecule has 1 aliphatic rings. The van der Waals surface area contributed by atoms with Crippen LogP contribution in [0.4, 0.5) is 0 Å². The summed E-state index contributed by atoms with van der Waals surface area (Å²) < 4.78 is 11.4. The van der Waals surface area contributed by atoms with E-state index in [1.54, 1.807) is 24.3 Å².